The maximum atomic E-state index is 5.88. The molecule has 0 radical (unpaired) electrons. The Labute approximate surface area is 83.4 Å². The molecular weight excluding hydrogens is 184 g/mol. The zero-order valence-corrected chi connectivity index (χ0v) is 10.5. The molecule has 0 spiro atoms. The zero-order valence-electron chi connectivity index (χ0n) is 8.60. The molecule has 0 atom stereocenters. The first-order valence-corrected chi connectivity index (χ1v) is 8.62. The van der Waals surface area contributed by atoms with Crippen LogP contribution in [0.15, 0.2) is 0 Å². The lowest BCUT2D eigenvalue weighted by Gasteiger charge is -2.22. The van der Waals surface area contributed by atoms with Crippen molar-refractivity contribution in [2.45, 2.75) is 45.3 Å². The van der Waals surface area contributed by atoms with Crippen molar-refractivity contribution in [3.8, 4) is 0 Å². The van der Waals surface area contributed by atoms with E-state index < -0.39 is 8.32 Å². The molecule has 12 heavy (non-hydrogen) atoms. The largest absolute Gasteiger partial charge is 0.417 e. The molecule has 0 aliphatic heterocycles. The lowest BCUT2D eigenvalue weighted by molar-refractivity contribution is 0.298. The smallest absolute Gasteiger partial charge is 0.186 e. The number of hydrogen-bond donors (Lipinski definition) is 1. The van der Waals surface area contributed by atoms with Gasteiger partial charge in [0.25, 0.3) is 0 Å². The monoisotopic (exact) mass is 206 g/mol. The van der Waals surface area contributed by atoms with Crippen LogP contribution in [-0.2, 0) is 4.43 Å². The van der Waals surface area contributed by atoms with Gasteiger partial charge in [-0.2, -0.15) is 12.6 Å². The molecule has 0 rings (SSSR count). The molecule has 1 nitrogen and oxygen atoms in total. The molecule has 0 bridgehead atoms. The Bertz CT molecular complexity index is 107. The molecule has 0 aliphatic carbocycles. The van der Waals surface area contributed by atoms with Gasteiger partial charge in [0, 0.05) is 6.61 Å². The topological polar surface area (TPSA) is 9.23 Å². The van der Waals surface area contributed by atoms with Crippen LogP contribution >= 0.6 is 12.6 Å². The van der Waals surface area contributed by atoms with Crippen LogP contribution in [0.25, 0.3) is 0 Å². The SMILES string of the molecule is CCCCO[Si](C)(C)CCCS. The lowest BCUT2D eigenvalue weighted by Crippen LogP contribution is -2.30. The molecule has 3 heteroatoms. The van der Waals surface area contributed by atoms with Gasteiger partial charge in [-0.1, -0.05) is 13.3 Å². The van der Waals surface area contributed by atoms with Gasteiger partial charge in [-0.3, -0.25) is 0 Å². The number of hydrogen-bond acceptors (Lipinski definition) is 2. The minimum Gasteiger partial charge on any atom is -0.417 e. The van der Waals surface area contributed by atoms with Crippen molar-refractivity contribution >= 4 is 20.9 Å². The van der Waals surface area contributed by atoms with Crippen LogP contribution in [0.1, 0.15) is 26.2 Å². The van der Waals surface area contributed by atoms with Gasteiger partial charge in [0.05, 0.1) is 0 Å². The summed E-state index contributed by atoms with van der Waals surface area (Å²) in [5.74, 6) is 0.994. The van der Waals surface area contributed by atoms with E-state index in [9.17, 15) is 0 Å². The minimum absolute atomic E-state index is 0.961. The van der Waals surface area contributed by atoms with Gasteiger partial charge in [0.2, 0.25) is 0 Å². The summed E-state index contributed by atoms with van der Waals surface area (Å²) < 4.78 is 5.88. The molecule has 0 fully saturated rings. The van der Waals surface area contributed by atoms with Crippen molar-refractivity contribution in [2.24, 2.45) is 0 Å². The molecule has 0 aromatic rings. The molecule has 0 aromatic carbocycles. The van der Waals surface area contributed by atoms with E-state index in [2.05, 4.69) is 32.6 Å². The Morgan fingerprint density at radius 2 is 1.92 bits per heavy atom. The third kappa shape index (κ3) is 7.19. The first-order valence-electron chi connectivity index (χ1n) is 4.87. The Balaban J connectivity index is 3.42. The molecule has 0 aromatic heterocycles. The summed E-state index contributed by atoms with van der Waals surface area (Å²) >= 11 is 4.21. The molecule has 0 N–H and O–H groups in total. The predicted molar refractivity (Wildman–Crippen MR) is 61.6 cm³/mol. The van der Waals surface area contributed by atoms with Gasteiger partial charge in [-0.05, 0) is 37.7 Å². The van der Waals surface area contributed by atoms with Crippen molar-refractivity contribution in [3.05, 3.63) is 0 Å². The fraction of sp³-hybridized carbons (Fsp3) is 1.00. The third-order valence-corrected chi connectivity index (χ3v) is 4.79. The molecule has 0 heterocycles. The van der Waals surface area contributed by atoms with Gasteiger partial charge < -0.3 is 4.43 Å². The fourth-order valence-corrected chi connectivity index (χ4v) is 3.39. The second-order valence-electron chi connectivity index (χ2n) is 3.79. The highest BCUT2D eigenvalue weighted by Gasteiger charge is 2.20. The highest BCUT2D eigenvalue weighted by molar-refractivity contribution is 7.80. The summed E-state index contributed by atoms with van der Waals surface area (Å²) in [6.45, 7) is 7.76. The average molecular weight is 206 g/mol. The van der Waals surface area contributed by atoms with Crippen LogP contribution in [0.4, 0.5) is 0 Å². The Morgan fingerprint density at radius 3 is 2.42 bits per heavy atom. The first-order chi connectivity index (χ1) is 5.62. The van der Waals surface area contributed by atoms with E-state index in [1.165, 1.54) is 25.3 Å². The minimum atomic E-state index is -1.31. The maximum absolute atomic E-state index is 5.88. The van der Waals surface area contributed by atoms with Gasteiger partial charge in [0.15, 0.2) is 8.32 Å². The summed E-state index contributed by atoms with van der Waals surface area (Å²) in [7, 11) is -1.31. The van der Waals surface area contributed by atoms with Crippen molar-refractivity contribution in [1.82, 2.24) is 0 Å². The van der Waals surface area contributed by atoms with E-state index in [0.29, 0.717) is 0 Å². The average Bonchev–Trinajstić information content (AvgIpc) is 2.01. The van der Waals surface area contributed by atoms with Crippen molar-refractivity contribution in [1.29, 1.82) is 0 Å². The maximum Gasteiger partial charge on any atom is 0.186 e. The van der Waals surface area contributed by atoms with Gasteiger partial charge in [0.1, 0.15) is 0 Å². The second-order valence-corrected chi connectivity index (χ2v) is 8.54. The van der Waals surface area contributed by atoms with Crippen molar-refractivity contribution in [3.63, 3.8) is 0 Å². The number of thiol groups is 1. The summed E-state index contributed by atoms with van der Waals surface area (Å²) in [6.07, 6.45) is 3.64. The molecule has 0 unspecified atom stereocenters. The predicted octanol–water partition coefficient (Wildman–Crippen LogP) is 3.33. The normalized spacial score (nSPS) is 12.0. The Morgan fingerprint density at radius 1 is 1.25 bits per heavy atom. The van der Waals surface area contributed by atoms with E-state index in [-0.39, 0.29) is 0 Å². The quantitative estimate of drug-likeness (QED) is 0.382. The van der Waals surface area contributed by atoms with Crippen LogP contribution in [-0.4, -0.2) is 20.7 Å². The summed E-state index contributed by atoms with van der Waals surface area (Å²) in [6, 6.07) is 1.25. The highest BCUT2D eigenvalue weighted by Crippen LogP contribution is 2.14. The van der Waals surface area contributed by atoms with Crippen molar-refractivity contribution < 1.29 is 4.43 Å². The van der Waals surface area contributed by atoms with E-state index >= 15 is 0 Å². The molecule has 0 saturated heterocycles. The number of rotatable bonds is 7. The van der Waals surface area contributed by atoms with E-state index in [4.69, 9.17) is 4.43 Å². The van der Waals surface area contributed by atoms with E-state index in [1.54, 1.807) is 0 Å². The van der Waals surface area contributed by atoms with Gasteiger partial charge in [-0.15, -0.1) is 0 Å². The Hall–Kier alpha value is 0.527. The van der Waals surface area contributed by atoms with Crippen LogP contribution in [0.2, 0.25) is 19.1 Å². The van der Waals surface area contributed by atoms with Crippen LogP contribution in [0.3, 0.4) is 0 Å². The second kappa shape index (κ2) is 6.98. The number of unbranched alkanes of at least 4 members (excludes halogenated alkanes) is 1. The fourth-order valence-electron chi connectivity index (χ4n) is 1.07. The summed E-state index contributed by atoms with van der Waals surface area (Å²) in [5, 5.41) is 0. The molecule has 74 valence electrons. The third-order valence-electron chi connectivity index (χ3n) is 1.93. The van der Waals surface area contributed by atoms with Gasteiger partial charge in [-0.25, -0.2) is 0 Å². The summed E-state index contributed by atoms with van der Waals surface area (Å²) in [5.41, 5.74) is 0. The molecule has 0 saturated carbocycles. The van der Waals surface area contributed by atoms with Crippen LogP contribution in [0.5, 0.6) is 0 Å². The lowest BCUT2D eigenvalue weighted by atomic mass is 10.4. The highest BCUT2D eigenvalue weighted by atomic mass is 32.1. The zero-order chi connectivity index (χ0) is 9.45. The standard InChI is InChI=1S/C9H22OSSi/c1-4-5-7-10-12(2,3)9-6-8-11/h11H,4-9H2,1-3H3. The molecule has 0 amide bonds. The molecule has 0 aliphatic rings. The summed E-state index contributed by atoms with van der Waals surface area (Å²) in [4.78, 5) is 0. The van der Waals surface area contributed by atoms with Crippen LogP contribution in [0, 0.1) is 0 Å². The van der Waals surface area contributed by atoms with E-state index in [0.717, 1.165) is 12.4 Å². The van der Waals surface area contributed by atoms with Crippen LogP contribution < -0.4 is 0 Å². The van der Waals surface area contributed by atoms with E-state index in [1.807, 2.05) is 0 Å². The van der Waals surface area contributed by atoms with Gasteiger partial charge >= 0.3 is 0 Å². The molecular formula is C9H22OSSi. The first kappa shape index (κ1) is 12.5. The van der Waals surface area contributed by atoms with Crippen molar-refractivity contribution in [2.75, 3.05) is 12.4 Å². The Kier molecular flexibility index (Phi) is 7.29.